The molecule has 12 heteroatoms. The van der Waals surface area contributed by atoms with Crippen LogP contribution in [0.4, 0.5) is 0 Å². The van der Waals surface area contributed by atoms with Crippen LogP contribution in [0.2, 0.25) is 0 Å². The zero-order chi connectivity index (χ0) is 91.8. The molecule has 0 unspecified atom stereocenters. The van der Waals surface area contributed by atoms with Crippen LogP contribution in [-0.4, -0.2) is 36.6 Å². The van der Waals surface area contributed by atoms with Gasteiger partial charge in [0.1, 0.15) is 0 Å². The summed E-state index contributed by atoms with van der Waals surface area (Å²) in [6.45, 7) is 8.41. The highest BCUT2D eigenvalue weighted by molar-refractivity contribution is 9.10. The summed E-state index contributed by atoms with van der Waals surface area (Å²) in [5, 5.41) is 20.6. The predicted molar refractivity (Wildman–Crippen MR) is 599 cm³/mol. The molecule has 1 fully saturated rings. The Balaban J connectivity index is 0.000000112. The maximum Gasteiger partial charge on any atom is 0.494 e. The minimum absolute atomic E-state index is 0.386. The third kappa shape index (κ3) is 13.7. The fraction of sp³-hybridized carbons (Fsp3) is 0.0476. The average molecular weight is 1910 g/mol. The van der Waals surface area contributed by atoms with Gasteiger partial charge in [0.05, 0.1) is 55.3 Å². The topological polar surface area (TPSA) is 38.2 Å². The van der Waals surface area contributed by atoms with E-state index in [2.05, 4.69) is 499 Å². The molecule has 0 bridgehead atoms. The molecule has 28 aromatic rings. The number of para-hydroxylation sites is 4. The number of rotatable bonds is 10. The van der Waals surface area contributed by atoms with Gasteiger partial charge in [-0.3, -0.25) is 0 Å². The monoisotopic (exact) mass is 1900 g/mol. The van der Waals surface area contributed by atoms with Crippen molar-refractivity contribution in [1.82, 2.24) is 18.3 Å². The molecule has 0 saturated carbocycles. The van der Waals surface area contributed by atoms with Gasteiger partial charge in [0.15, 0.2) is 0 Å². The zero-order valence-electron chi connectivity index (χ0n) is 75.8. The molecular weight excluding hydrogens is 1820 g/mol. The SMILES string of the molecule is Brc1ccc2c3ccc(-c4ccc5sc6ccccc6c5c4)cc3n(-c3ccccc3)c2c1.CC1(C)OB(c2ccc3c4ccc(-c5ccc6sc7ccccc7c6c5)cc4n(-c4ccccc4)c3c2)OC1(C)C.c1ccc(-n2c3cc(-c4ccc5sc6ccccc6c5c4)ccc3c3ccc(-c4ccc5c6ccc(-c7ccc8sc9ccccc9c8c7)cc6n(-c6ccccc6)c5c4)cc32)cc1. The molecule has 654 valence electrons. The summed E-state index contributed by atoms with van der Waals surface area (Å²) >= 11 is 11.1. The van der Waals surface area contributed by atoms with Crippen molar-refractivity contribution >= 4 is 242 Å². The molecule has 6 nitrogen and oxygen atoms in total. The smallest absolute Gasteiger partial charge is 0.399 e. The lowest BCUT2D eigenvalue weighted by Crippen LogP contribution is -2.41. The molecule has 0 N–H and O–H groups in total. The Bertz CT molecular complexity index is 9550. The van der Waals surface area contributed by atoms with Crippen molar-refractivity contribution in [3.63, 3.8) is 0 Å². The Morgan fingerprint density at radius 1 is 0.188 bits per heavy atom. The molecule has 0 amide bonds. The van der Waals surface area contributed by atoms with E-state index in [4.69, 9.17) is 9.31 Å². The summed E-state index contributed by atoms with van der Waals surface area (Å²) in [5.41, 5.74) is 26.6. The maximum absolute atomic E-state index is 6.42. The van der Waals surface area contributed by atoms with E-state index < -0.39 is 7.12 Å². The lowest BCUT2D eigenvalue weighted by molar-refractivity contribution is 0.00578. The van der Waals surface area contributed by atoms with E-state index in [9.17, 15) is 0 Å². The second kappa shape index (κ2) is 32.6. The molecule has 0 spiro atoms. The van der Waals surface area contributed by atoms with Gasteiger partial charge in [-0.15, -0.1) is 45.3 Å². The third-order valence-corrected chi connectivity index (χ3v) is 33.9. The average Bonchev–Trinajstić information content (AvgIpc) is 1.63. The van der Waals surface area contributed by atoms with Crippen molar-refractivity contribution in [2.24, 2.45) is 0 Å². The van der Waals surface area contributed by atoms with E-state index >= 15 is 0 Å². The highest BCUT2D eigenvalue weighted by Crippen LogP contribution is 2.48. The van der Waals surface area contributed by atoms with Crippen molar-refractivity contribution in [3.8, 4) is 78.4 Å². The number of hydrogen-bond acceptors (Lipinski definition) is 6. The summed E-state index contributed by atoms with van der Waals surface area (Å²) in [4.78, 5) is 0. The maximum atomic E-state index is 6.42. The molecule has 0 aliphatic carbocycles. The number of fused-ring (bicyclic) bond motifs is 24. The Hall–Kier alpha value is -15.1. The number of halogens is 1. The van der Waals surface area contributed by atoms with Gasteiger partial charge in [0.2, 0.25) is 0 Å². The van der Waals surface area contributed by atoms with Crippen LogP contribution in [0.3, 0.4) is 0 Å². The van der Waals surface area contributed by atoms with Gasteiger partial charge in [-0.1, -0.05) is 277 Å². The summed E-state index contributed by atoms with van der Waals surface area (Å²) in [6, 6.07) is 160. The number of aromatic nitrogens is 4. The first-order valence-electron chi connectivity index (χ1n) is 47.0. The number of hydrogen-bond donors (Lipinski definition) is 0. The van der Waals surface area contributed by atoms with Crippen molar-refractivity contribution in [2.75, 3.05) is 0 Å². The molecule has 0 atom stereocenters. The quantitative estimate of drug-likeness (QED) is 0.128. The van der Waals surface area contributed by atoms with Crippen LogP contribution in [0.25, 0.3) is 246 Å². The number of nitrogens with zero attached hydrogens (tertiary/aromatic N) is 4. The van der Waals surface area contributed by atoms with E-state index in [1.807, 2.05) is 45.3 Å². The third-order valence-electron chi connectivity index (χ3n) is 28.8. The molecule has 29 rings (SSSR count). The highest BCUT2D eigenvalue weighted by Gasteiger charge is 2.52. The Labute approximate surface area is 820 Å². The molecule has 1 aliphatic heterocycles. The van der Waals surface area contributed by atoms with Crippen LogP contribution >= 0.6 is 61.3 Å². The van der Waals surface area contributed by atoms with E-state index in [-0.39, 0.29) is 11.2 Å². The van der Waals surface area contributed by atoms with Gasteiger partial charge in [0.25, 0.3) is 0 Å². The molecule has 20 aromatic carbocycles. The first-order chi connectivity index (χ1) is 67.7. The van der Waals surface area contributed by atoms with Gasteiger partial charge < -0.3 is 27.6 Å². The standard InChI is InChI=1S/C60H36N2S2.C36H30BNO2S.C30H18BrNS/c1-3-11-43(12-4-1)61-53-33-39(37-23-29-59-51(31-37)49-15-7-9-17-57(49)63-59)19-25-45(53)47-27-21-41(35-55(47)61)42-22-28-48-46-26-20-40(34-54(46)62(56(48)36-42)44-13-5-2-6-14-44)38-24-30-60-52(32-38)50-16-8-10-18-58(50)64-60;1-35(2)36(3,4)40-37(39-35)25-16-18-28-27-17-14-24(21-31(27)38(32(28)22-25)26-10-6-5-7-11-26)23-15-19-34-30(20-23)29-12-8-9-13-33(29)41-34;31-21-12-14-24-23-13-10-20(17-27(23)32(28(24)18-21)22-6-2-1-3-7-22)19-11-15-30-26(16-19)25-8-4-5-9-29(25)33-30/h1-36H;5-22H,1-4H3;1-18H. The van der Waals surface area contributed by atoms with Crippen molar-refractivity contribution in [2.45, 2.75) is 38.9 Å². The first-order valence-corrected chi connectivity index (χ1v) is 51.0. The number of benzene rings is 20. The van der Waals surface area contributed by atoms with Gasteiger partial charge in [0, 0.05) is 151 Å². The summed E-state index contributed by atoms with van der Waals surface area (Å²) in [5.74, 6) is 0. The van der Waals surface area contributed by atoms with Crippen molar-refractivity contribution in [1.29, 1.82) is 0 Å². The Morgan fingerprint density at radius 2 is 0.391 bits per heavy atom. The second-order valence-electron chi connectivity index (χ2n) is 37.3. The molecule has 9 heterocycles. The Kier molecular flexibility index (Phi) is 19.5. The minimum Gasteiger partial charge on any atom is -0.399 e. The Morgan fingerprint density at radius 3 is 0.659 bits per heavy atom. The van der Waals surface area contributed by atoms with Crippen LogP contribution in [-0.2, 0) is 9.31 Å². The van der Waals surface area contributed by atoms with E-state index in [0.717, 1.165) is 32.5 Å². The molecular formula is C126H84BBrN4O2S4. The van der Waals surface area contributed by atoms with Crippen LogP contribution in [0.5, 0.6) is 0 Å². The van der Waals surface area contributed by atoms with Crippen LogP contribution in [0.15, 0.2) is 441 Å². The molecule has 8 aromatic heterocycles. The normalized spacial score (nSPS) is 13.3. The molecule has 1 aliphatic rings. The van der Waals surface area contributed by atoms with E-state index in [1.165, 1.54) is 224 Å². The molecule has 138 heavy (non-hydrogen) atoms. The fourth-order valence-electron chi connectivity index (χ4n) is 21.3. The van der Waals surface area contributed by atoms with Gasteiger partial charge in [-0.05, 0) is 265 Å². The largest absolute Gasteiger partial charge is 0.494 e. The summed E-state index contributed by atoms with van der Waals surface area (Å²) in [7, 11) is -0.408. The lowest BCUT2D eigenvalue weighted by atomic mass is 9.79. The van der Waals surface area contributed by atoms with Crippen molar-refractivity contribution in [3.05, 3.63) is 441 Å². The minimum atomic E-state index is -0.408. The summed E-state index contributed by atoms with van der Waals surface area (Å²) < 4.78 is 34.2. The zero-order valence-corrected chi connectivity index (χ0v) is 80.6. The van der Waals surface area contributed by atoms with Gasteiger partial charge in [-0.2, -0.15) is 0 Å². The predicted octanol–water partition coefficient (Wildman–Crippen LogP) is 36.3. The van der Waals surface area contributed by atoms with Gasteiger partial charge in [-0.25, -0.2) is 0 Å². The first kappa shape index (κ1) is 82.4. The number of thiophene rings is 4. The second-order valence-corrected chi connectivity index (χ2v) is 42.6. The molecule has 0 radical (unpaired) electrons. The molecule has 1 saturated heterocycles. The van der Waals surface area contributed by atoms with Crippen LogP contribution < -0.4 is 5.46 Å². The van der Waals surface area contributed by atoms with Gasteiger partial charge >= 0.3 is 7.12 Å². The highest BCUT2D eigenvalue weighted by atomic mass is 79.9. The van der Waals surface area contributed by atoms with Crippen LogP contribution in [0.1, 0.15) is 27.7 Å². The lowest BCUT2D eigenvalue weighted by Gasteiger charge is -2.32. The van der Waals surface area contributed by atoms with E-state index in [1.54, 1.807) is 0 Å². The summed E-state index contributed by atoms with van der Waals surface area (Å²) in [6.07, 6.45) is 0. The fourth-order valence-corrected chi connectivity index (χ4v) is 26.0. The van der Waals surface area contributed by atoms with Crippen molar-refractivity contribution < 1.29 is 9.31 Å². The van der Waals surface area contributed by atoms with E-state index in [0.29, 0.717) is 0 Å². The van der Waals surface area contributed by atoms with Crippen LogP contribution in [0, 0.1) is 0 Å².